The molecule has 1 fully saturated rings. The Bertz CT molecular complexity index is 211. The van der Waals surface area contributed by atoms with Crippen LogP contribution in [0.25, 0.3) is 0 Å². The van der Waals surface area contributed by atoms with Crippen molar-refractivity contribution in [1.82, 2.24) is 5.32 Å². The zero-order valence-corrected chi connectivity index (χ0v) is 12.3. The van der Waals surface area contributed by atoms with Gasteiger partial charge < -0.3 is 10.1 Å². The van der Waals surface area contributed by atoms with Gasteiger partial charge in [-0.05, 0) is 31.6 Å². The molecular weight excluding hydrogens is 282 g/mol. The Labute approximate surface area is 113 Å². The molecule has 3 nitrogen and oxygen atoms in total. The summed E-state index contributed by atoms with van der Waals surface area (Å²) < 4.78 is 5.46. The van der Waals surface area contributed by atoms with E-state index < -0.39 is 0 Å². The second kappa shape index (κ2) is 8.92. The van der Waals surface area contributed by atoms with Gasteiger partial charge in [0.05, 0.1) is 12.5 Å². The van der Waals surface area contributed by atoms with Crippen molar-refractivity contribution in [3.05, 3.63) is 0 Å². The van der Waals surface area contributed by atoms with Crippen LogP contribution in [0.15, 0.2) is 0 Å². The van der Waals surface area contributed by atoms with Gasteiger partial charge in [-0.3, -0.25) is 4.79 Å². The highest BCUT2D eigenvalue weighted by molar-refractivity contribution is 9.09. The zero-order valence-electron chi connectivity index (χ0n) is 10.7. The van der Waals surface area contributed by atoms with Gasteiger partial charge in [0.25, 0.3) is 0 Å². The number of ether oxygens (including phenoxy) is 1. The fraction of sp³-hybridized carbons (Fsp3) is 0.923. The Morgan fingerprint density at radius 1 is 1.53 bits per heavy atom. The van der Waals surface area contributed by atoms with Gasteiger partial charge in [0.15, 0.2) is 0 Å². The maximum absolute atomic E-state index is 11.7. The number of alkyl halides is 1. The minimum Gasteiger partial charge on any atom is -0.378 e. The van der Waals surface area contributed by atoms with Crippen molar-refractivity contribution in [2.24, 2.45) is 5.92 Å². The van der Waals surface area contributed by atoms with Gasteiger partial charge in [0.2, 0.25) is 5.91 Å². The molecule has 1 aliphatic rings. The first-order valence-electron chi connectivity index (χ1n) is 6.70. The van der Waals surface area contributed by atoms with Crippen LogP contribution in [0.5, 0.6) is 0 Å². The third-order valence-corrected chi connectivity index (χ3v) is 3.70. The number of rotatable bonds is 8. The topological polar surface area (TPSA) is 38.3 Å². The highest BCUT2D eigenvalue weighted by Gasteiger charge is 2.19. The molecule has 0 aromatic rings. The molecule has 17 heavy (non-hydrogen) atoms. The minimum absolute atomic E-state index is 0.146. The third kappa shape index (κ3) is 6.41. The standard InChI is InChI=1S/C13H24BrNO2/c1-2-4-11(6-7-14)10-15-13(16)9-12-5-3-8-17-12/h11-12H,2-10H2,1H3,(H,15,16). The number of amides is 1. The molecule has 0 radical (unpaired) electrons. The maximum Gasteiger partial charge on any atom is 0.222 e. The van der Waals surface area contributed by atoms with E-state index in [-0.39, 0.29) is 12.0 Å². The molecule has 100 valence electrons. The van der Waals surface area contributed by atoms with Gasteiger partial charge in [-0.1, -0.05) is 29.3 Å². The van der Waals surface area contributed by atoms with Crippen LogP contribution in [-0.4, -0.2) is 30.5 Å². The molecule has 1 heterocycles. The van der Waals surface area contributed by atoms with Gasteiger partial charge in [0.1, 0.15) is 0 Å². The molecular formula is C13H24BrNO2. The molecule has 0 aliphatic carbocycles. The molecule has 1 saturated heterocycles. The summed E-state index contributed by atoms with van der Waals surface area (Å²) in [5.41, 5.74) is 0. The molecule has 0 aromatic carbocycles. The van der Waals surface area contributed by atoms with Crippen molar-refractivity contribution in [2.75, 3.05) is 18.5 Å². The van der Waals surface area contributed by atoms with Crippen molar-refractivity contribution < 1.29 is 9.53 Å². The second-order valence-corrected chi connectivity index (χ2v) is 5.57. The van der Waals surface area contributed by atoms with E-state index in [1.807, 2.05) is 0 Å². The van der Waals surface area contributed by atoms with E-state index in [1.165, 1.54) is 12.8 Å². The zero-order chi connectivity index (χ0) is 12.5. The predicted molar refractivity (Wildman–Crippen MR) is 73.4 cm³/mol. The van der Waals surface area contributed by atoms with Crippen molar-refractivity contribution in [1.29, 1.82) is 0 Å². The van der Waals surface area contributed by atoms with E-state index in [2.05, 4.69) is 28.2 Å². The minimum atomic E-state index is 0.146. The Hall–Kier alpha value is -0.0900. The quantitative estimate of drug-likeness (QED) is 0.700. The van der Waals surface area contributed by atoms with E-state index in [1.54, 1.807) is 0 Å². The third-order valence-electron chi connectivity index (χ3n) is 3.24. The van der Waals surface area contributed by atoms with Crippen molar-refractivity contribution >= 4 is 21.8 Å². The van der Waals surface area contributed by atoms with Crippen LogP contribution >= 0.6 is 15.9 Å². The van der Waals surface area contributed by atoms with Crippen LogP contribution in [-0.2, 0) is 9.53 Å². The summed E-state index contributed by atoms with van der Waals surface area (Å²) in [6, 6.07) is 0. The number of halogens is 1. The van der Waals surface area contributed by atoms with E-state index >= 15 is 0 Å². The molecule has 2 unspecified atom stereocenters. The van der Waals surface area contributed by atoms with Crippen LogP contribution in [0.3, 0.4) is 0 Å². The van der Waals surface area contributed by atoms with Gasteiger partial charge >= 0.3 is 0 Å². The smallest absolute Gasteiger partial charge is 0.222 e. The molecule has 1 N–H and O–H groups in total. The van der Waals surface area contributed by atoms with E-state index in [0.29, 0.717) is 12.3 Å². The Morgan fingerprint density at radius 2 is 2.35 bits per heavy atom. The Kier molecular flexibility index (Phi) is 7.86. The van der Waals surface area contributed by atoms with Gasteiger partial charge in [-0.2, -0.15) is 0 Å². The first kappa shape index (κ1) is 15.0. The fourth-order valence-corrected chi connectivity index (χ4v) is 2.90. The molecule has 4 heteroatoms. The van der Waals surface area contributed by atoms with Crippen molar-refractivity contribution in [3.8, 4) is 0 Å². The number of carbonyl (C=O) groups is 1. The number of hydrogen-bond acceptors (Lipinski definition) is 2. The average Bonchev–Trinajstić information content (AvgIpc) is 2.79. The highest BCUT2D eigenvalue weighted by atomic mass is 79.9. The lowest BCUT2D eigenvalue weighted by Gasteiger charge is -2.16. The van der Waals surface area contributed by atoms with Crippen LogP contribution in [0.4, 0.5) is 0 Å². The fourth-order valence-electron chi connectivity index (χ4n) is 2.25. The lowest BCUT2D eigenvalue weighted by molar-refractivity contribution is -0.123. The molecule has 2 atom stereocenters. The number of hydrogen-bond donors (Lipinski definition) is 1. The predicted octanol–water partition coefficient (Wildman–Crippen LogP) is 2.87. The summed E-state index contributed by atoms with van der Waals surface area (Å²) in [6.45, 7) is 3.82. The normalized spacial score (nSPS) is 21.4. The molecule has 0 spiro atoms. The van der Waals surface area contributed by atoms with Crippen LogP contribution in [0, 0.1) is 5.92 Å². The van der Waals surface area contributed by atoms with Crippen LogP contribution in [0.2, 0.25) is 0 Å². The lowest BCUT2D eigenvalue weighted by Crippen LogP contribution is -2.31. The Morgan fingerprint density at radius 3 is 2.94 bits per heavy atom. The van der Waals surface area contributed by atoms with Crippen LogP contribution in [0.1, 0.15) is 45.4 Å². The lowest BCUT2D eigenvalue weighted by atomic mass is 10.0. The van der Waals surface area contributed by atoms with Crippen molar-refractivity contribution in [2.45, 2.75) is 51.6 Å². The van der Waals surface area contributed by atoms with E-state index in [4.69, 9.17) is 4.74 Å². The highest BCUT2D eigenvalue weighted by Crippen LogP contribution is 2.15. The van der Waals surface area contributed by atoms with Gasteiger partial charge in [-0.25, -0.2) is 0 Å². The molecule has 0 bridgehead atoms. The van der Waals surface area contributed by atoms with Crippen LogP contribution < -0.4 is 5.32 Å². The Balaban J connectivity index is 2.15. The number of nitrogens with one attached hydrogen (secondary N) is 1. The van der Waals surface area contributed by atoms with Gasteiger partial charge in [0, 0.05) is 18.5 Å². The largest absolute Gasteiger partial charge is 0.378 e. The first-order valence-corrected chi connectivity index (χ1v) is 7.82. The van der Waals surface area contributed by atoms with Gasteiger partial charge in [-0.15, -0.1) is 0 Å². The monoisotopic (exact) mass is 305 g/mol. The van der Waals surface area contributed by atoms with E-state index in [0.717, 1.165) is 37.7 Å². The molecule has 0 saturated carbocycles. The first-order chi connectivity index (χ1) is 8.26. The SMILES string of the molecule is CCCC(CCBr)CNC(=O)CC1CCCO1. The van der Waals surface area contributed by atoms with E-state index in [9.17, 15) is 4.79 Å². The summed E-state index contributed by atoms with van der Waals surface area (Å²) in [6.07, 6.45) is 6.33. The molecule has 0 aromatic heterocycles. The summed E-state index contributed by atoms with van der Waals surface area (Å²) in [7, 11) is 0. The second-order valence-electron chi connectivity index (χ2n) is 4.78. The molecule has 1 amide bonds. The maximum atomic E-state index is 11.7. The summed E-state index contributed by atoms with van der Waals surface area (Å²) in [4.78, 5) is 11.7. The summed E-state index contributed by atoms with van der Waals surface area (Å²) in [5.74, 6) is 0.750. The molecule has 1 aliphatic heterocycles. The summed E-state index contributed by atoms with van der Waals surface area (Å²) >= 11 is 3.47. The summed E-state index contributed by atoms with van der Waals surface area (Å²) in [5, 5.41) is 4.05. The average molecular weight is 306 g/mol. The van der Waals surface area contributed by atoms with Crippen molar-refractivity contribution in [3.63, 3.8) is 0 Å². The number of carbonyl (C=O) groups excluding carboxylic acids is 1. The molecule has 1 rings (SSSR count).